The van der Waals surface area contributed by atoms with Crippen LogP contribution in [0.1, 0.15) is 10.4 Å². The molecule has 0 saturated carbocycles. The summed E-state index contributed by atoms with van der Waals surface area (Å²) in [4.78, 5) is 25.5. The average Bonchev–Trinajstić information content (AvgIpc) is 2.48. The fourth-order valence-electron chi connectivity index (χ4n) is 1.86. The summed E-state index contributed by atoms with van der Waals surface area (Å²) in [5, 5.41) is 2.62. The summed E-state index contributed by atoms with van der Waals surface area (Å²) in [6.07, 6.45) is 0. The zero-order chi connectivity index (χ0) is 16.1. The van der Waals surface area contributed by atoms with Crippen LogP contribution in [0.2, 0.25) is 0 Å². The highest BCUT2D eigenvalue weighted by Gasteiger charge is 2.15. The number of anilines is 1. The van der Waals surface area contributed by atoms with Crippen molar-refractivity contribution in [3.05, 3.63) is 63.5 Å². The summed E-state index contributed by atoms with van der Waals surface area (Å²) < 4.78 is 13.7. The number of hydrogen-bond donors (Lipinski definition) is 1. The van der Waals surface area contributed by atoms with Gasteiger partial charge in [-0.3, -0.25) is 9.59 Å². The van der Waals surface area contributed by atoms with Crippen LogP contribution >= 0.6 is 22.6 Å². The predicted octanol–water partition coefficient (Wildman–Crippen LogP) is 3.14. The Bertz CT molecular complexity index is 689. The second-order valence-electron chi connectivity index (χ2n) is 4.73. The molecule has 0 bridgehead atoms. The van der Waals surface area contributed by atoms with Gasteiger partial charge in [-0.15, -0.1) is 0 Å². The smallest absolute Gasteiger partial charge is 0.254 e. The van der Waals surface area contributed by atoms with Crippen LogP contribution in [0.5, 0.6) is 0 Å². The van der Waals surface area contributed by atoms with Gasteiger partial charge in [0.25, 0.3) is 5.91 Å². The number of carbonyl (C=O) groups excluding carboxylic acids is 2. The van der Waals surface area contributed by atoms with E-state index in [0.29, 0.717) is 11.3 Å². The normalized spacial score (nSPS) is 10.1. The molecule has 0 atom stereocenters. The first-order valence-electron chi connectivity index (χ1n) is 6.52. The van der Waals surface area contributed by atoms with E-state index < -0.39 is 0 Å². The molecule has 0 aliphatic heterocycles. The van der Waals surface area contributed by atoms with Crippen LogP contribution in [-0.4, -0.2) is 30.3 Å². The van der Waals surface area contributed by atoms with Gasteiger partial charge in [-0.05, 0) is 65.1 Å². The third-order valence-corrected chi connectivity index (χ3v) is 3.60. The molecule has 0 heterocycles. The maximum atomic E-state index is 12.8. The van der Waals surface area contributed by atoms with Crippen molar-refractivity contribution in [3.63, 3.8) is 0 Å². The first-order chi connectivity index (χ1) is 10.5. The van der Waals surface area contributed by atoms with Crippen molar-refractivity contribution in [2.75, 3.05) is 18.9 Å². The Labute approximate surface area is 141 Å². The topological polar surface area (TPSA) is 49.4 Å². The molecular weight excluding hydrogens is 398 g/mol. The number of nitrogens with zero attached hydrogens (tertiary/aromatic N) is 1. The van der Waals surface area contributed by atoms with E-state index in [1.54, 1.807) is 25.2 Å². The zero-order valence-corrected chi connectivity index (χ0v) is 14.0. The molecule has 0 radical (unpaired) electrons. The zero-order valence-electron chi connectivity index (χ0n) is 11.8. The molecule has 0 unspecified atom stereocenters. The highest BCUT2D eigenvalue weighted by Crippen LogP contribution is 2.11. The van der Waals surface area contributed by atoms with E-state index in [4.69, 9.17) is 0 Å². The lowest BCUT2D eigenvalue weighted by molar-refractivity contribution is -0.116. The Morgan fingerprint density at radius 1 is 1.18 bits per heavy atom. The highest BCUT2D eigenvalue weighted by atomic mass is 127. The number of likely N-dealkylation sites (N-methyl/N-ethyl adjacent to an activating group) is 1. The third-order valence-electron chi connectivity index (χ3n) is 2.93. The van der Waals surface area contributed by atoms with Crippen LogP contribution in [0.4, 0.5) is 10.1 Å². The number of halogens is 2. The van der Waals surface area contributed by atoms with Crippen molar-refractivity contribution in [3.8, 4) is 0 Å². The van der Waals surface area contributed by atoms with Crippen molar-refractivity contribution in [2.45, 2.75) is 0 Å². The monoisotopic (exact) mass is 412 g/mol. The summed E-state index contributed by atoms with van der Waals surface area (Å²) >= 11 is 2.12. The van der Waals surface area contributed by atoms with E-state index in [1.807, 2.05) is 6.07 Å². The number of nitrogens with one attached hydrogen (secondary N) is 1. The molecule has 114 valence electrons. The standard InChI is InChI=1S/C16H14FIN2O2/c1-20(16(22)11-3-2-4-13(18)9-11)10-15(21)19-14-7-5-12(17)6-8-14/h2-9H,10H2,1H3,(H,19,21). The summed E-state index contributed by atoms with van der Waals surface area (Å²) in [5.41, 5.74) is 1.02. The lowest BCUT2D eigenvalue weighted by Gasteiger charge is -2.17. The molecular formula is C16H14FIN2O2. The number of amides is 2. The van der Waals surface area contributed by atoms with E-state index in [1.165, 1.54) is 29.2 Å². The van der Waals surface area contributed by atoms with Crippen molar-refractivity contribution in [1.82, 2.24) is 4.90 Å². The molecule has 0 aromatic heterocycles. The number of hydrogen-bond acceptors (Lipinski definition) is 2. The van der Waals surface area contributed by atoms with Crippen LogP contribution in [0.25, 0.3) is 0 Å². The second kappa shape index (κ2) is 7.35. The van der Waals surface area contributed by atoms with Gasteiger partial charge in [-0.1, -0.05) is 6.07 Å². The fourth-order valence-corrected chi connectivity index (χ4v) is 2.41. The van der Waals surface area contributed by atoms with Crippen molar-refractivity contribution >= 4 is 40.1 Å². The van der Waals surface area contributed by atoms with Crippen molar-refractivity contribution in [1.29, 1.82) is 0 Å². The van der Waals surface area contributed by atoms with E-state index in [2.05, 4.69) is 27.9 Å². The van der Waals surface area contributed by atoms with Gasteiger partial charge in [-0.2, -0.15) is 0 Å². The van der Waals surface area contributed by atoms with E-state index in [9.17, 15) is 14.0 Å². The molecule has 2 amide bonds. The summed E-state index contributed by atoms with van der Waals surface area (Å²) in [6, 6.07) is 12.6. The quantitative estimate of drug-likeness (QED) is 0.785. The molecule has 0 aliphatic rings. The first kappa shape index (κ1) is 16.4. The molecule has 4 nitrogen and oxygen atoms in total. The highest BCUT2D eigenvalue weighted by molar-refractivity contribution is 14.1. The summed E-state index contributed by atoms with van der Waals surface area (Å²) in [7, 11) is 1.56. The lowest BCUT2D eigenvalue weighted by Crippen LogP contribution is -2.34. The van der Waals surface area contributed by atoms with Gasteiger partial charge in [-0.25, -0.2) is 4.39 Å². The molecule has 1 N–H and O–H groups in total. The van der Waals surface area contributed by atoms with E-state index in [-0.39, 0.29) is 24.2 Å². The second-order valence-corrected chi connectivity index (χ2v) is 5.97. The van der Waals surface area contributed by atoms with Crippen LogP contribution in [0.15, 0.2) is 48.5 Å². The van der Waals surface area contributed by atoms with Gasteiger partial charge in [0, 0.05) is 21.9 Å². The minimum atomic E-state index is -0.371. The average molecular weight is 412 g/mol. The van der Waals surface area contributed by atoms with Crippen LogP contribution in [0, 0.1) is 9.39 Å². The van der Waals surface area contributed by atoms with Crippen molar-refractivity contribution < 1.29 is 14.0 Å². The molecule has 2 aromatic rings. The SMILES string of the molecule is CN(CC(=O)Nc1ccc(F)cc1)C(=O)c1cccc(I)c1. The third kappa shape index (κ3) is 4.52. The molecule has 2 rings (SSSR count). The van der Waals surface area contributed by atoms with Crippen LogP contribution < -0.4 is 5.32 Å². The van der Waals surface area contributed by atoms with Gasteiger partial charge in [0.05, 0.1) is 6.54 Å². The predicted molar refractivity (Wildman–Crippen MR) is 91.1 cm³/mol. The Morgan fingerprint density at radius 2 is 1.86 bits per heavy atom. The number of benzene rings is 2. The summed E-state index contributed by atoms with van der Waals surface area (Å²) in [6.45, 7) is -0.0817. The molecule has 22 heavy (non-hydrogen) atoms. The molecule has 0 aliphatic carbocycles. The Balaban J connectivity index is 1.96. The number of carbonyl (C=O) groups is 2. The minimum Gasteiger partial charge on any atom is -0.332 e. The van der Waals surface area contributed by atoms with Gasteiger partial charge < -0.3 is 10.2 Å². The molecule has 6 heteroatoms. The molecule has 2 aromatic carbocycles. The summed E-state index contributed by atoms with van der Waals surface area (Å²) in [5.74, 6) is -0.940. The van der Waals surface area contributed by atoms with Gasteiger partial charge in [0.15, 0.2) is 0 Å². The molecule has 0 spiro atoms. The Kier molecular flexibility index (Phi) is 5.48. The Morgan fingerprint density at radius 3 is 2.50 bits per heavy atom. The van der Waals surface area contributed by atoms with Gasteiger partial charge >= 0.3 is 0 Å². The molecule has 0 saturated heterocycles. The first-order valence-corrected chi connectivity index (χ1v) is 7.60. The van der Waals surface area contributed by atoms with Crippen LogP contribution in [0.3, 0.4) is 0 Å². The van der Waals surface area contributed by atoms with Gasteiger partial charge in [0.1, 0.15) is 5.82 Å². The lowest BCUT2D eigenvalue weighted by atomic mass is 10.2. The van der Waals surface area contributed by atoms with Crippen molar-refractivity contribution in [2.24, 2.45) is 0 Å². The maximum absolute atomic E-state index is 12.8. The van der Waals surface area contributed by atoms with E-state index >= 15 is 0 Å². The van der Waals surface area contributed by atoms with Crippen LogP contribution in [-0.2, 0) is 4.79 Å². The largest absolute Gasteiger partial charge is 0.332 e. The number of rotatable bonds is 4. The van der Waals surface area contributed by atoms with E-state index in [0.717, 1.165) is 3.57 Å². The molecule has 0 fully saturated rings. The maximum Gasteiger partial charge on any atom is 0.254 e. The van der Waals surface area contributed by atoms with Gasteiger partial charge in [0.2, 0.25) is 5.91 Å². The fraction of sp³-hybridized carbons (Fsp3) is 0.125. The minimum absolute atomic E-state index is 0.0817. The Hall–Kier alpha value is -1.96.